The number of nitrogens with zero attached hydrogens (tertiary/aromatic N) is 4. The first-order valence-corrected chi connectivity index (χ1v) is 7.88. The van der Waals surface area contributed by atoms with Gasteiger partial charge in [-0.2, -0.15) is 5.10 Å². The number of amides is 1. The number of hydrogen-bond acceptors (Lipinski definition) is 5. The van der Waals surface area contributed by atoms with Crippen LogP contribution in [0.2, 0.25) is 0 Å². The van der Waals surface area contributed by atoms with E-state index >= 15 is 0 Å². The molecule has 0 aliphatic heterocycles. The molecule has 7 nitrogen and oxygen atoms in total. The smallest absolute Gasteiger partial charge is 0.275 e. The fourth-order valence-corrected chi connectivity index (χ4v) is 3.10. The van der Waals surface area contributed by atoms with Crippen LogP contribution in [0.1, 0.15) is 47.5 Å². The van der Waals surface area contributed by atoms with Gasteiger partial charge in [0, 0.05) is 25.9 Å². The number of rotatable bonds is 5. The topological polar surface area (TPSA) is 84.4 Å². The first-order chi connectivity index (χ1) is 11.0. The highest BCUT2D eigenvalue weighted by molar-refractivity contribution is 5.92. The van der Waals surface area contributed by atoms with Crippen LogP contribution in [-0.2, 0) is 6.54 Å². The van der Waals surface area contributed by atoms with Crippen molar-refractivity contribution in [1.29, 1.82) is 0 Å². The lowest BCUT2D eigenvalue weighted by Gasteiger charge is -2.28. The minimum Gasteiger partial charge on any atom is -0.388 e. The summed E-state index contributed by atoms with van der Waals surface area (Å²) >= 11 is 0. The SMILES string of the molecule is Cc1cnn(Cc2cc(C(=O)N(C)CC3(O)CCCC3)no2)c1. The highest BCUT2D eigenvalue weighted by atomic mass is 16.5. The maximum atomic E-state index is 12.4. The van der Waals surface area contributed by atoms with Gasteiger partial charge in [-0.25, -0.2) is 0 Å². The molecule has 1 fully saturated rings. The molecule has 0 saturated heterocycles. The van der Waals surface area contributed by atoms with Gasteiger partial charge < -0.3 is 14.5 Å². The van der Waals surface area contributed by atoms with Crippen molar-refractivity contribution < 1.29 is 14.4 Å². The Kier molecular flexibility index (Phi) is 4.21. The molecule has 3 rings (SSSR count). The quantitative estimate of drug-likeness (QED) is 0.905. The van der Waals surface area contributed by atoms with E-state index in [-0.39, 0.29) is 11.6 Å². The van der Waals surface area contributed by atoms with Gasteiger partial charge in [0.05, 0.1) is 11.8 Å². The Morgan fingerprint density at radius 3 is 2.87 bits per heavy atom. The molecule has 1 aliphatic rings. The number of carbonyl (C=O) groups is 1. The van der Waals surface area contributed by atoms with E-state index in [4.69, 9.17) is 4.52 Å². The molecule has 23 heavy (non-hydrogen) atoms. The summed E-state index contributed by atoms with van der Waals surface area (Å²) in [6.45, 7) is 2.72. The van der Waals surface area contributed by atoms with Gasteiger partial charge in [0.2, 0.25) is 0 Å². The van der Waals surface area contributed by atoms with Crippen LogP contribution in [0.15, 0.2) is 23.0 Å². The Labute approximate surface area is 134 Å². The third-order valence-corrected chi connectivity index (χ3v) is 4.27. The number of likely N-dealkylation sites (N-methyl/N-ethyl adjacent to an activating group) is 1. The van der Waals surface area contributed by atoms with Crippen LogP contribution < -0.4 is 0 Å². The number of aromatic nitrogens is 3. The molecule has 1 amide bonds. The first kappa shape index (κ1) is 15.7. The molecule has 7 heteroatoms. The third kappa shape index (κ3) is 3.61. The van der Waals surface area contributed by atoms with Crippen molar-refractivity contribution in [3.05, 3.63) is 35.5 Å². The highest BCUT2D eigenvalue weighted by Crippen LogP contribution is 2.30. The van der Waals surface area contributed by atoms with Crippen molar-refractivity contribution in [2.45, 2.75) is 44.8 Å². The summed E-state index contributed by atoms with van der Waals surface area (Å²) in [5.41, 5.74) is 0.558. The monoisotopic (exact) mass is 318 g/mol. The molecule has 124 valence electrons. The molecular weight excluding hydrogens is 296 g/mol. The summed E-state index contributed by atoms with van der Waals surface area (Å²) in [5.74, 6) is 0.335. The van der Waals surface area contributed by atoms with Crippen LogP contribution in [0.25, 0.3) is 0 Å². The maximum absolute atomic E-state index is 12.4. The Hall–Kier alpha value is -2.15. The van der Waals surface area contributed by atoms with Crippen molar-refractivity contribution in [3.63, 3.8) is 0 Å². The number of hydrogen-bond donors (Lipinski definition) is 1. The van der Waals surface area contributed by atoms with Crippen LogP contribution in [0, 0.1) is 6.92 Å². The van der Waals surface area contributed by atoms with Crippen molar-refractivity contribution in [2.24, 2.45) is 0 Å². The Balaban J connectivity index is 1.63. The summed E-state index contributed by atoms with van der Waals surface area (Å²) in [6, 6.07) is 1.63. The Morgan fingerprint density at radius 2 is 2.22 bits per heavy atom. The lowest BCUT2D eigenvalue weighted by molar-refractivity contribution is 0.0153. The predicted octanol–water partition coefficient (Wildman–Crippen LogP) is 1.60. The van der Waals surface area contributed by atoms with Crippen LogP contribution in [0.5, 0.6) is 0 Å². The molecule has 0 atom stereocenters. The molecule has 0 aromatic carbocycles. The van der Waals surface area contributed by atoms with Crippen molar-refractivity contribution >= 4 is 5.91 Å². The summed E-state index contributed by atoms with van der Waals surface area (Å²) in [7, 11) is 1.68. The second-order valence-electron chi connectivity index (χ2n) is 6.49. The average molecular weight is 318 g/mol. The summed E-state index contributed by atoms with van der Waals surface area (Å²) in [6.07, 6.45) is 7.16. The molecule has 2 aromatic heterocycles. The van der Waals surface area contributed by atoms with Crippen LogP contribution >= 0.6 is 0 Å². The van der Waals surface area contributed by atoms with Gasteiger partial charge in [0.15, 0.2) is 11.5 Å². The van der Waals surface area contributed by atoms with Crippen LogP contribution in [-0.4, -0.2) is 50.0 Å². The fourth-order valence-electron chi connectivity index (χ4n) is 3.10. The first-order valence-electron chi connectivity index (χ1n) is 7.88. The fraction of sp³-hybridized carbons (Fsp3) is 0.562. The third-order valence-electron chi connectivity index (χ3n) is 4.27. The zero-order chi connectivity index (χ0) is 16.4. The van der Waals surface area contributed by atoms with Gasteiger partial charge in [-0.05, 0) is 25.3 Å². The molecule has 0 bridgehead atoms. The zero-order valence-corrected chi connectivity index (χ0v) is 13.5. The molecular formula is C16H22N4O3. The summed E-state index contributed by atoms with van der Waals surface area (Å²) in [4.78, 5) is 13.9. The summed E-state index contributed by atoms with van der Waals surface area (Å²) in [5, 5.41) is 18.4. The molecule has 1 N–H and O–H groups in total. The maximum Gasteiger partial charge on any atom is 0.275 e. The van der Waals surface area contributed by atoms with Gasteiger partial charge in [0.1, 0.15) is 6.54 Å². The molecule has 2 aromatic rings. The van der Waals surface area contributed by atoms with E-state index in [2.05, 4.69) is 10.3 Å². The molecule has 0 radical (unpaired) electrons. The van der Waals surface area contributed by atoms with E-state index in [9.17, 15) is 9.90 Å². The Morgan fingerprint density at radius 1 is 1.48 bits per heavy atom. The van der Waals surface area contributed by atoms with Gasteiger partial charge in [-0.15, -0.1) is 0 Å². The van der Waals surface area contributed by atoms with E-state index in [1.165, 1.54) is 4.90 Å². The predicted molar refractivity (Wildman–Crippen MR) is 82.9 cm³/mol. The van der Waals surface area contributed by atoms with Gasteiger partial charge in [-0.1, -0.05) is 18.0 Å². The van der Waals surface area contributed by atoms with Crippen LogP contribution in [0.4, 0.5) is 0 Å². The second-order valence-corrected chi connectivity index (χ2v) is 6.49. The second kappa shape index (κ2) is 6.16. The number of aliphatic hydroxyl groups is 1. The van der Waals surface area contributed by atoms with Gasteiger partial charge in [-0.3, -0.25) is 9.48 Å². The largest absolute Gasteiger partial charge is 0.388 e. The highest BCUT2D eigenvalue weighted by Gasteiger charge is 2.34. The van der Waals surface area contributed by atoms with Crippen LogP contribution in [0.3, 0.4) is 0 Å². The normalized spacial score (nSPS) is 16.7. The van der Waals surface area contributed by atoms with E-state index in [0.29, 0.717) is 18.8 Å². The van der Waals surface area contributed by atoms with E-state index in [0.717, 1.165) is 31.2 Å². The minimum atomic E-state index is -0.760. The lowest BCUT2D eigenvalue weighted by atomic mass is 10.0. The van der Waals surface area contributed by atoms with Crippen molar-refractivity contribution in [1.82, 2.24) is 19.8 Å². The molecule has 0 spiro atoms. The zero-order valence-electron chi connectivity index (χ0n) is 13.5. The lowest BCUT2D eigenvalue weighted by Crippen LogP contribution is -2.42. The standard InChI is InChI=1S/C16H22N4O3/c1-12-8-17-20(9-12)10-13-7-14(18-23-13)15(21)19(2)11-16(22)5-3-4-6-16/h7-9,22H,3-6,10-11H2,1-2H3. The van der Waals surface area contributed by atoms with E-state index < -0.39 is 5.60 Å². The summed E-state index contributed by atoms with van der Waals surface area (Å²) < 4.78 is 6.95. The average Bonchev–Trinajstić information content (AvgIpc) is 3.21. The number of carbonyl (C=O) groups excluding carboxylic acids is 1. The molecule has 1 aliphatic carbocycles. The van der Waals surface area contributed by atoms with Crippen molar-refractivity contribution in [3.8, 4) is 0 Å². The van der Waals surface area contributed by atoms with Gasteiger partial charge >= 0.3 is 0 Å². The molecule has 1 saturated carbocycles. The Bertz CT molecular complexity index is 685. The van der Waals surface area contributed by atoms with Crippen molar-refractivity contribution in [2.75, 3.05) is 13.6 Å². The van der Waals surface area contributed by atoms with Gasteiger partial charge in [0.25, 0.3) is 5.91 Å². The van der Waals surface area contributed by atoms with E-state index in [1.807, 2.05) is 13.1 Å². The molecule has 2 heterocycles. The number of aryl methyl sites for hydroxylation is 1. The minimum absolute atomic E-state index is 0.239. The van der Waals surface area contributed by atoms with E-state index in [1.54, 1.807) is 24.0 Å². The molecule has 0 unspecified atom stereocenters.